The van der Waals surface area contributed by atoms with Crippen molar-refractivity contribution in [1.29, 1.82) is 0 Å². The van der Waals surface area contributed by atoms with Crippen molar-refractivity contribution in [3.8, 4) is 5.75 Å². The van der Waals surface area contributed by atoms with Crippen LogP contribution in [0.25, 0.3) is 32.5 Å². The third-order valence-electron chi connectivity index (χ3n) is 6.25. The Kier molecular flexibility index (Phi) is 6.78. The number of benzene rings is 5. The van der Waals surface area contributed by atoms with E-state index in [1.807, 2.05) is 67.6 Å². The van der Waals surface area contributed by atoms with Crippen LogP contribution in [0.2, 0.25) is 0 Å². The highest BCUT2D eigenvalue weighted by Gasteiger charge is 2.06. The van der Waals surface area contributed by atoms with Gasteiger partial charge >= 0.3 is 5.63 Å². The van der Waals surface area contributed by atoms with Crippen LogP contribution in [-0.2, 0) is 13.2 Å². The lowest BCUT2D eigenvalue weighted by Crippen LogP contribution is -1.99. The van der Waals surface area contributed by atoms with Crippen LogP contribution in [0.15, 0.2) is 118 Å². The Morgan fingerprint density at radius 1 is 0.694 bits per heavy atom. The van der Waals surface area contributed by atoms with Crippen molar-refractivity contribution in [1.82, 2.24) is 0 Å². The third kappa shape index (κ3) is 4.99. The molecule has 4 heteroatoms. The lowest BCUT2D eigenvalue weighted by Gasteiger charge is -2.10. The Morgan fingerprint density at radius 2 is 1.31 bits per heavy atom. The van der Waals surface area contributed by atoms with E-state index in [0.717, 1.165) is 27.5 Å². The molecule has 0 fully saturated rings. The van der Waals surface area contributed by atoms with Crippen molar-refractivity contribution < 1.29 is 14.3 Å². The van der Waals surface area contributed by atoms with E-state index in [-0.39, 0.29) is 12.2 Å². The number of aliphatic hydroxyl groups is 1. The summed E-state index contributed by atoms with van der Waals surface area (Å²) >= 11 is 0. The minimum Gasteiger partial charge on any atom is -0.489 e. The van der Waals surface area contributed by atoms with Crippen molar-refractivity contribution in [2.75, 3.05) is 0 Å². The second-order valence-corrected chi connectivity index (χ2v) is 8.63. The summed E-state index contributed by atoms with van der Waals surface area (Å²) in [4.78, 5) is 11.5. The van der Waals surface area contributed by atoms with Crippen molar-refractivity contribution in [3.63, 3.8) is 0 Å². The first-order chi connectivity index (χ1) is 17.6. The Balaban J connectivity index is 0.000000186. The molecule has 1 heterocycles. The van der Waals surface area contributed by atoms with Gasteiger partial charge in [0.15, 0.2) is 0 Å². The molecule has 1 aromatic heterocycles. The minimum atomic E-state index is -0.341. The second-order valence-electron chi connectivity index (χ2n) is 8.63. The van der Waals surface area contributed by atoms with Crippen molar-refractivity contribution >= 4 is 32.5 Å². The zero-order chi connectivity index (χ0) is 24.9. The van der Waals surface area contributed by atoms with E-state index < -0.39 is 0 Å². The molecule has 0 spiro atoms. The molecule has 178 valence electrons. The summed E-state index contributed by atoms with van der Waals surface area (Å²) in [6.45, 7) is 2.47. The van der Waals surface area contributed by atoms with Gasteiger partial charge in [0.2, 0.25) is 0 Å². The van der Waals surface area contributed by atoms with Crippen molar-refractivity contribution in [2.45, 2.75) is 20.1 Å². The average molecular weight is 475 g/mol. The number of rotatable bonds is 4. The zero-order valence-electron chi connectivity index (χ0n) is 20.0. The molecule has 4 nitrogen and oxygen atoms in total. The average Bonchev–Trinajstić information content (AvgIpc) is 2.91. The van der Waals surface area contributed by atoms with Gasteiger partial charge in [0.1, 0.15) is 17.9 Å². The van der Waals surface area contributed by atoms with Gasteiger partial charge in [-0.2, -0.15) is 0 Å². The molecule has 0 saturated heterocycles. The fourth-order valence-corrected chi connectivity index (χ4v) is 4.40. The van der Waals surface area contributed by atoms with Crippen molar-refractivity contribution in [3.05, 3.63) is 136 Å². The predicted molar refractivity (Wildman–Crippen MR) is 145 cm³/mol. The highest BCUT2D eigenvalue weighted by molar-refractivity contribution is 5.86. The van der Waals surface area contributed by atoms with Gasteiger partial charge in [-0.15, -0.1) is 0 Å². The number of aryl methyl sites for hydroxylation is 1. The molecule has 0 aliphatic carbocycles. The maximum absolute atomic E-state index is 11.5. The van der Waals surface area contributed by atoms with E-state index in [1.165, 1.54) is 22.2 Å². The first-order valence-electron chi connectivity index (χ1n) is 11.8. The van der Waals surface area contributed by atoms with E-state index in [2.05, 4.69) is 36.4 Å². The smallest absolute Gasteiger partial charge is 0.336 e. The molecule has 6 aromatic rings. The van der Waals surface area contributed by atoms with Crippen LogP contribution in [0.5, 0.6) is 5.75 Å². The topological polar surface area (TPSA) is 59.7 Å². The summed E-state index contributed by atoms with van der Waals surface area (Å²) in [5, 5.41) is 14.7. The molecule has 36 heavy (non-hydrogen) atoms. The maximum Gasteiger partial charge on any atom is 0.336 e. The second kappa shape index (κ2) is 10.5. The Hall–Kier alpha value is -4.41. The molecular weight excluding hydrogens is 448 g/mol. The maximum atomic E-state index is 11.5. The normalized spacial score (nSPS) is 10.8. The van der Waals surface area contributed by atoms with E-state index in [0.29, 0.717) is 17.9 Å². The minimum absolute atomic E-state index is 0.112. The predicted octanol–water partition coefficient (Wildman–Crippen LogP) is 7.17. The van der Waals surface area contributed by atoms with E-state index in [9.17, 15) is 4.79 Å². The fraction of sp³-hybridized carbons (Fsp3) is 0.0938. The summed E-state index contributed by atoms with van der Waals surface area (Å²) in [7, 11) is 0. The van der Waals surface area contributed by atoms with Crippen LogP contribution in [0.3, 0.4) is 0 Å². The van der Waals surface area contributed by atoms with E-state index in [4.69, 9.17) is 14.3 Å². The fourth-order valence-electron chi connectivity index (χ4n) is 4.40. The van der Waals surface area contributed by atoms with Gasteiger partial charge in [-0.3, -0.25) is 0 Å². The molecular formula is C32H26O4. The number of aliphatic hydroxyl groups excluding tert-OH is 1. The molecule has 5 aromatic carbocycles. The summed E-state index contributed by atoms with van der Waals surface area (Å²) in [5.41, 5.74) is 3.23. The van der Waals surface area contributed by atoms with Gasteiger partial charge in [0.25, 0.3) is 0 Å². The molecule has 0 saturated carbocycles. The molecule has 0 atom stereocenters. The summed E-state index contributed by atoms with van der Waals surface area (Å²) < 4.78 is 11.2. The monoisotopic (exact) mass is 474 g/mol. The van der Waals surface area contributed by atoms with Gasteiger partial charge in [0, 0.05) is 17.5 Å². The molecule has 0 aliphatic heterocycles. The number of fused-ring (bicyclic) bond motifs is 3. The van der Waals surface area contributed by atoms with Gasteiger partial charge in [-0.1, -0.05) is 84.9 Å². The van der Waals surface area contributed by atoms with Crippen LogP contribution in [0.4, 0.5) is 0 Å². The molecule has 0 bridgehead atoms. The zero-order valence-corrected chi connectivity index (χ0v) is 20.0. The molecule has 0 radical (unpaired) electrons. The van der Waals surface area contributed by atoms with Crippen LogP contribution >= 0.6 is 0 Å². The van der Waals surface area contributed by atoms with Crippen LogP contribution in [-0.4, -0.2) is 5.11 Å². The van der Waals surface area contributed by atoms with Crippen molar-refractivity contribution in [2.24, 2.45) is 0 Å². The molecule has 0 amide bonds. The van der Waals surface area contributed by atoms with Gasteiger partial charge in [-0.05, 0) is 57.3 Å². The number of hydrogen-bond acceptors (Lipinski definition) is 4. The van der Waals surface area contributed by atoms with Crippen LogP contribution in [0.1, 0.15) is 16.7 Å². The van der Waals surface area contributed by atoms with Crippen LogP contribution in [0, 0.1) is 6.92 Å². The first-order valence-corrected chi connectivity index (χ1v) is 11.8. The first kappa shape index (κ1) is 23.3. The van der Waals surface area contributed by atoms with Gasteiger partial charge in [0.05, 0.1) is 6.61 Å². The Bertz CT molecular complexity index is 1700. The Labute approximate surface area is 209 Å². The number of hydrogen-bond donors (Lipinski definition) is 1. The van der Waals surface area contributed by atoms with Gasteiger partial charge in [-0.25, -0.2) is 4.79 Å². The lowest BCUT2D eigenvalue weighted by atomic mass is 10.1. The highest BCUT2D eigenvalue weighted by atomic mass is 16.5. The molecule has 6 rings (SSSR count). The van der Waals surface area contributed by atoms with E-state index in [1.54, 1.807) is 6.07 Å². The van der Waals surface area contributed by atoms with E-state index >= 15 is 0 Å². The highest BCUT2D eigenvalue weighted by Crippen LogP contribution is 2.25. The number of ether oxygens (including phenoxy) is 1. The standard InChI is InChI=1S/C21H16O3.C11H10O/c1-14-11-21(22)24-20-12-17(9-10-18(14)20)23-13-16-7-4-6-15-5-2-3-8-19(15)16;12-8-10-6-3-5-9-4-1-2-7-11(9)10/h2-12H,13H2,1H3;1-7,12H,8H2. The Morgan fingerprint density at radius 3 is 2.00 bits per heavy atom. The molecule has 0 aliphatic rings. The molecule has 1 N–H and O–H groups in total. The SMILES string of the molecule is Cc1cc(=O)oc2cc(OCc3cccc4ccccc34)ccc12.OCc1cccc2ccccc12. The largest absolute Gasteiger partial charge is 0.489 e. The third-order valence-corrected chi connectivity index (χ3v) is 6.25. The van der Waals surface area contributed by atoms with Gasteiger partial charge < -0.3 is 14.3 Å². The quantitative estimate of drug-likeness (QED) is 0.275. The lowest BCUT2D eigenvalue weighted by molar-refractivity contribution is 0.283. The summed E-state index contributed by atoms with van der Waals surface area (Å²) in [6.07, 6.45) is 0. The molecule has 0 unspecified atom stereocenters. The summed E-state index contributed by atoms with van der Waals surface area (Å²) in [6, 6.07) is 35.6. The van der Waals surface area contributed by atoms with Crippen LogP contribution < -0.4 is 10.4 Å². The summed E-state index contributed by atoms with van der Waals surface area (Å²) in [5.74, 6) is 0.684.